The third kappa shape index (κ3) is 3.75. The van der Waals surface area contributed by atoms with Crippen LogP contribution in [0.25, 0.3) is 0 Å². The fourth-order valence-corrected chi connectivity index (χ4v) is 4.16. The molecular formula is C12H20N2S2. The van der Waals surface area contributed by atoms with E-state index < -0.39 is 0 Å². The van der Waals surface area contributed by atoms with E-state index in [1.54, 1.807) is 0 Å². The first-order valence-corrected chi connectivity index (χ1v) is 8.13. The van der Waals surface area contributed by atoms with Crippen LogP contribution in [-0.2, 0) is 12.8 Å². The Morgan fingerprint density at radius 2 is 2.44 bits per heavy atom. The summed E-state index contributed by atoms with van der Waals surface area (Å²) in [6, 6.07) is 0. The molecule has 1 saturated heterocycles. The van der Waals surface area contributed by atoms with Gasteiger partial charge in [0.1, 0.15) is 0 Å². The summed E-state index contributed by atoms with van der Waals surface area (Å²) in [5.74, 6) is 3.56. The van der Waals surface area contributed by atoms with Gasteiger partial charge in [0.05, 0.1) is 10.7 Å². The van der Waals surface area contributed by atoms with Gasteiger partial charge in [0.15, 0.2) is 0 Å². The number of nitrogens with two attached hydrogens (primary N) is 1. The zero-order valence-electron chi connectivity index (χ0n) is 9.65. The SMILES string of the molecule is NCCCc1csc(CC2CCCSC2)n1. The van der Waals surface area contributed by atoms with Crippen molar-refractivity contribution >= 4 is 23.1 Å². The van der Waals surface area contributed by atoms with Crippen molar-refractivity contribution in [2.45, 2.75) is 32.1 Å². The molecule has 0 radical (unpaired) electrons. The summed E-state index contributed by atoms with van der Waals surface area (Å²) in [7, 11) is 0. The molecule has 0 amide bonds. The summed E-state index contributed by atoms with van der Waals surface area (Å²) in [4.78, 5) is 4.70. The number of hydrogen-bond donors (Lipinski definition) is 1. The molecule has 0 spiro atoms. The predicted octanol–water partition coefficient (Wildman–Crippen LogP) is 2.72. The lowest BCUT2D eigenvalue weighted by Gasteiger charge is -2.19. The van der Waals surface area contributed by atoms with Crippen LogP contribution in [0.5, 0.6) is 0 Å². The Morgan fingerprint density at radius 3 is 3.19 bits per heavy atom. The first-order chi connectivity index (χ1) is 7.88. The minimum Gasteiger partial charge on any atom is -0.330 e. The first kappa shape index (κ1) is 12.4. The molecule has 1 aliphatic rings. The fraction of sp³-hybridized carbons (Fsp3) is 0.750. The summed E-state index contributed by atoms with van der Waals surface area (Å²) in [6.07, 6.45) is 6.08. The topological polar surface area (TPSA) is 38.9 Å². The maximum Gasteiger partial charge on any atom is 0.0931 e. The van der Waals surface area contributed by atoms with E-state index in [-0.39, 0.29) is 0 Å². The Bertz CT molecular complexity index is 306. The lowest BCUT2D eigenvalue weighted by Crippen LogP contribution is -2.13. The number of nitrogens with zero attached hydrogens (tertiary/aromatic N) is 1. The van der Waals surface area contributed by atoms with Crippen LogP contribution in [0.2, 0.25) is 0 Å². The van der Waals surface area contributed by atoms with Crippen molar-refractivity contribution in [3.8, 4) is 0 Å². The Morgan fingerprint density at radius 1 is 1.50 bits per heavy atom. The van der Waals surface area contributed by atoms with E-state index in [1.807, 2.05) is 11.3 Å². The second kappa shape index (κ2) is 6.62. The summed E-state index contributed by atoms with van der Waals surface area (Å²) < 4.78 is 0. The van der Waals surface area contributed by atoms with Gasteiger partial charge in [-0.25, -0.2) is 4.98 Å². The van der Waals surface area contributed by atoms with Crippen molar-refractivity contribution in [1.82, 2.24) is 4.98 Å². The molecule has 1 fully saturated rings. The van der Waals surface area contributed by atoms with Crippen molar-refractivity contribution in [2.24, 2.45) is 11.7 Å². The maximum absolute atomic E-state index is 5.51. The highest BCUT2D eigenvalue weighted by Gasteiger charge is 2.15. The van der Waals surface area contributed by atoms with Gasteiger partial charge in [0, 0.05) is 11.8 Å². The van der Waals surface area contributed by atoms with Crippen molar-refractivity contribution in [2.75, 3.05) is 18.1 Å². The summed E-state index contributed by atoms with van der Waals surface area (Å²) >= 11 is 3.94. The molecule has 1 aliphatic heterocycles. The lowest BCUT2D eigenvalue weighted by molar-refractivity contribution is 0.519. The quantitative estimate of drug-likeness (QED) is 0.880. The normalized spacial score (nSPS) is 21.2. The number of thioether (sulfide) groups is 1. The van der Waals surface area contributed by atoms with Crippen LogP contribution in [0, 0.1) is 5.92 Å². The Hall–Kier alpha value is -0.0600. The highest BCUT2D eigenvalue weighted by Crippen LogP contribution is 2.26. The Balaban J connectivity index is 1.81. The van der Waals surface area contributed by atoms with Crippen LogP contribution >= 0.6 is 23.1 Å². The van der Waals surface area contributed by atoms with Crippen molar-refractivity contribution < 1.29 is 0 Å². The number of rotatable bonds is 5. The fourth-order valence-electron chi connectivity index (χ4n) is 2.06. The molecule has 2 rings (SSSR count). The van der Waals surface area contributed by atoms with E-state index in [0.29, 0.717) is 0 Å². The van der Waals surface area contributed by atoms with E-state index in [1.165, 1.54) is 41.5 Å². The van der Waals surface area contributed by atoms with Crippen LogP contribution in [0.15, 0.2) is 5.38 Å². The smallest absolute Gasteiger partial charge is 0.0931 e. The second-order valence-electron chi connectivity index (χ2n) is 4.41. The number of hydrogen-bond acceptors (Lipinski definition) is 4. The predicted molar refractivity (Wildman–Crippen MR) is 73.2 cm³/mol. The van der Waals surface area contributed by atoms with E-state index in [9.17, 15) is 0 Å². The number of thiazole rings is 1. The summed E-state index contributed by atoms with van der Waals surface area (Å²) in [5, 5.41) is 3.54. The number of aromatic nitrogens is 1. The van der Waals surface area contributed by atoms with Crippen LogP contribution in [-0.4, -0.2) is 23.0 Å². The Kier molecular flexibility index (Phi) is 5.13. The number of aryl methyl sites for hydroxylation is 1. The average molecular weight is 256 g/mol. The average Bonchev–Trinajstić information content (AvgIpc) is 2.75. The van der Waals surface area contributed by atoms with Gasteiger partial charge in [-0.15, -0.1) is 11.3 Å². The molecule has 90 valence electrons. The van der Waals surface area contributed by atoms with E-state index in [2.05, 4.69) is 17.1 Å². The molecule has 2 heterocycles. The lowest BCUT2D eigenvalue weighted by atomic mass is 10.0. The van der Waals surface area contributed by atoms with Gasteiger partial charge in [-0.1, -0.05) is 0 Å². The van der Waals surface area contributed by atoms with E-state index in [4.69, 9.17) is 10.7 Å². The maximum atomic E-state index is 5.51. The van der Waals surface area contributed by atoms with Crippen molar-refractivity contribution in [3.63, 3.8) is 0 Å². The van der Waals surface area contributed by atoms with Crippen LogP contribution in [0.1, 0.15) is 30.0 Å². The minimum absolute atomic E-state index is 0.770. The third-order valence-corrected chi connectivity index (χ3v) is 5.16. The van der Waals surface area contributed by atoms with Crippen molar-refractivity contribution in [1.29, 1.82) is 0 Å². The van der Waals surface area contributed by atoms with E-state index >= 15 is 0 Å². The van der Waals surface area contributed by atoms with Gasteiger partial charge in [-0.05, 0) is 49.7 Å². The van der Waals surface area contributed by atoms with Gasteiger partial charge in [-0.2, -0.15) is 11.8 Å². The van der Waals surface area contributed by atoms with Gasteiger partial charge in [-0.3, -0.25) is 0 Å². The zero-order valence-corrected chi connectivity index (χ0v) is 11.3. The molecule has 0 aliphatic carbocycles. The molecule has 2 nitrogen and oxygen atoms in total. The molecule has 1 atom stereocenters. The van der Waals surface area contributed by atoms with Gasteiger partial charge in [0.25, 0.3) is 0 Å². The van der Waals surface area contributed by atoms with Crippen LogP contribution in [0.4, 0.5) is 0 Å². The zero-order chi connectivity index (χ0) is 11.2. The van der Waals surface area contributed by atoms with Crippen LogP contribution < -0.4 is 5.73 Å². The monoisotopic (exact) mass is 256 g/mol. The molecule has 0 saturated carbocycles. The highest BCUT2D eigenvalue weighted by molar-refractivity contribution is 7.99. The van der Waals surface area contributed by atoms with Gasteiger partial charge < -0.3 is 5.73 Å². The molecule has 16 heavy (non-hydrogen) atoms. The molecule has 4 heteroatoms. The molecular weight excluding hydrogens is 236 g/mol. The third-order valence-electron chi connectivity index (χ3n) is 2.95. The second-order valence-corrected chi connectivity index (χ2v) is 6.50. The van der Waals surface area contributed by atoms with Crippen LogP contribution in [0.3, 0.4) is 0 Å². The van der Waals surface area contributed by atoms with Crippen molar-refractivity contribution in [3.05, 3.63) is 16.1 Å². The molecule has 1 aromatic rings. The first-order valence-electron chi connectivity index (χ1n) is 6.09. The van der Waals surface area contributed by atoms with Gasteiger partial charge in [0.2, 0.25) is 0 Å². The largest absolute Gasteiger partial charge is 0.330 e. The highest BCUT2D eigenvalue weighted by atomic mass is 32.2. The van der Waals surface area contributed by atoms with Gasteiger partial charge >= 0.3 is 0 Å². The Labute approximate surface area is 106 Å². The summed E-state index contributed by atoms with van der Waals surface area (Å²) in [5.41, 5.74) is 6.75. The molecule has 2 N–H and O–H groups in total. The molecule has 0 aromatic carbocycles. The molecule has 1 unspecified atom stereocenters. The van der Waals surface area contributed by atoms with E-state index in [0.717, 1.165) is 25.3 Å². The minimum atomic E-state index is 0.770. The molecule has 0 bridgehead atoms. The summed E-state index contributed by atoms with van der Waals surface area (Å²) in [6.45, 7) is 0.770. The molecule has 1 aromatic heterocycles. The standard InChI is InChI=1S/C12H20N2S2/c13-5-1-4-11-9-16-12(14-11)7-10-3-2-6-15-8-10/h9-10H,1-8,13H2.